The minimum atomic E-state index is -1.74. The molecule has 30 heavy (non-hydrogen) atoms. The lowest BCUT2D eigenvalue weighted by Gasteiger charge is -2.38. The van der Waals surface area contributed by atoms with Gasteiger partial charge in [0.25, 0.3) is 0 Å². The van der Waals surface area contributed by atoms with E-state index in [2.05, 4.69) is 5.32 Å². The van der Waals surface area contributed by atoms with Gasteiger partial charge in [-0.25, -0.2) is 9.59 Å². The molecule has 1 saturated heterocycles. The summed E-state index contributed by atoms with van der Waals surface area (Å²) >= 11 is 0. The maximum absolute atomic E-state index is 12.6. The van der Waals surface area contributed by atoms with Crippen molar-refractivity contribution < 1.29 is 44.2 Å². The largest absolute Gasteiger partial charge is 0.461 e. The van der Waals surface area contributed by atoms with Gasteiger partial charge in [0.1, 0.15) is 42.7 Å². The number of ether oxygens (including phenoxy) is 3. The van der Waals surface area contributed by atoms with Gasteiger partial charge in [0.05, 0.1) is 0 Å². The molecule has 10 nitrogen and oxygen atoms in total. The predicted molar refractivity (Wildman–Crippen MR) is 103 cm³/mol. The Morgan fingerprint density at radius 3 is 2.30 bits per heavy atom. The summed E-state index contributed by atoms with van der Waals surface area (Å²) in [5, 5.41) is 41.2. The third-order valence-electron chi connectivity index (χ3n) is 4.34. The van der Waals surface area contributed by atoms with Gasteiger partial charge < -0.3 is 40.0 Å². The highest BCUT2D eigenvalue weighted by molar-refractivity contribution is 5.81. The van der Waals surface area contributed by atoms with Gasteiger partial charge >= 0.3 is 12.1 Å². The van der Waals surface area contributed by atoms with E-state index in [-0.39, 0.29) is 6.42 Å². The van der Waals surface area contributed by atoms with Crippen molar-refractivity contribution in [2.24, 2.45) is 0 Å². The number of aliphatic hydroxyl groups excluding tert-OH is 4. The molecule has 2 rings (SSSR count). The molecule has 5 N–H and O–H groups in total. The van der Waals surface area contributed by atoms with Gasteiger partial charge in [0.15, 0.2) is 6.29 Å². The van der Waals surface area contributed by atoms with Gasteiger partial charge in [-0.15, -0.1) is 0 Å². The van der Waals surface area contributed by atoms with Crippen LogP contribution in [-0.2, 0) is 25.4 Å². The molecule has 0 aromatic heterocycles. The van der Waals surface area contributed by atoms with Crippen molar-refractivity contribution in [2.75, 3.05) is 6.61 Å². The summed E-state index contributed by atoms with van der Waals surface area (Å²) in [5.41, 5.74) is -0.00300. The number of alkyl carbamates (subject to hydrolysis) is 1. The van der Waals surface area contributed by atoms with Crippen molar-refractivity contribution in [3.05, 3.63) is 35.9 Å². The van der Waals surface area contributed by atoms with Crippen LogP contribution in [0.1, 0.15) is 26.3 Å². The number of carbonyl (C=O) groups is 2. The third kappa shape index (κ3) is 6.92. The molecule has 1 fully saturated rings. The van der Waals surface area contributed by atoms with E-state index >= 15 is 0 Å². The lowest BCUT2D eigenvalue weighted by molar-refractivity contribution is -0.287. The third-order valence-corrected chi connectivity index (χ3v) is 4.34. The van der Waals surface area contributed by atoms with Crippen LogP contribution in [-0.4, -0.2) is 81.4 Å². The number of carbonyl (C=O) groups excluding carboxylic acids is 2. The summed E-state index contributed by atoms with van der Waals surface area (Å²) in [5.74, 6) is -0.824. The van der Waals surface area contributed by atoms with Gasteiger partial charge in [-0.1, -0.05) is 30.3 Å². The smallest absolute Gasteiger partial charge is 0.408 e. The summed E-state index contributed by atoms with van der Waals surface area (Å²) in [6, 6.07) is 7.84. The SMILES string of the molecule is CC(C)(C)OC(=O)N[C@H](Cc1ccccc1)C(=O)OC[C@@H]1O[C@H](O)[C@@H](O)[C@@H](O)[C@@H]1O. The molecule has 0 radical (unpaired) electrons. The Morgan fingerprint density at radius 2 is 1.70 bits per heavy atom. The Balaban J connectivity index is 2.03. The van der Waals surface area contributed by atoms with E-state index in [9.17, 15) is 30.0 Å². The Kier molecular flexibility index (Phi) is 8.16. The molecule has 1 aromatic rings. The first-order valence-corrected chi connectivity index (χ1v) is 9.55. The molecule has 0 aliphatic carbocycles. The average molecular weight is 427 g/mol. The van der Waals surface area contributed by atoms with Crippen LogP contribution in [0.4, 0.5) is 4.79 Å². The summed E-state index contributed by atoms with van der Waals surface area (Å²) in [6.45, 7) is 4.54. The fourth-order valence-corrected chi connectivity index (χ4v) is 2.83. The van der Waals surface area contributed by atoms with E-state index in [0.29, 0.717) is 0 Å². The van der Waals surface area contributed by atoms with Crippen LogP contribution in [0.15, 0.2) is 30.3 Å². The quantitative estimate of drug-likeness (QED) is 0.377. The molecule has 1 heterocycles. The lowest BCUT2D eigenvalue weighted by atomic mass is 9.99. The maximum atomic E-state index is 12.6. The fourth-order valence-electron chi connectivity index (χ4n) is 2.83. The van der Waals surface area contributed by atoms with E-state index in [1.165, 1.54) is 0 Å². The number of aliphatic hydroxyl groups is 4. The molecule has 0 saturated carbocycles. The number of benzene rings is 1. The lowest BCUT2D eigenvalue weighted by Crippen LogP contribution is -2.59. The van der Waals surface area contributed by atoms with Crippen molar-refractivity contribution in [3.8, 4) is 0 Å². The molecule has 1 aliphatic heterocycles. The Morgan fingerprint density at radius 1 is 1.07 bits per heavy atom. The van der Waals surface area contributed by atoms with Gasteiger partial charge in [-0.2, -0.15) is 0 Å². The zero-order chi connectivity index (χ0) is 22.5. The summed E-state index contributed by atoms with van der Waals surface area (Å²) in [7, 11) is 0. The summed E-state index contributed by atoms with van der Waals surface area (Å²) in [6.07, 6.45) is -8.62. The standard InChI is InChI=1S/C20H29NO9/c1-20(2,3)30-19(27)21-12(9-11-7-5-4-6-8-11)17(25)28-10-13-14(22)15(23)16(24)18(26)29-13/h4-8,12-16,18,22-24,26H,9-10H2,1-3H3,(H,21,27)/t12-,13+,14-,15+,16+,18+/m1/s1. The maximum Gasteiger partial charge on any atom is 0.408 e. The minimum Gasteiger partial charge on any atom is -0.461 e. The van der Waals surface area contributed by atoms with Crippen LogP contribution < -0.4 is 5.32 Å². The Bertz CT molecular complexity index is 706. The zero-order valence-corrected chi connectivity index (χ0v) is 17.1. The van der Waals surface area contributed by atoms with Crippen LogP contribution in [0.5, 0.6) is 0 Å². The highest BCUT2D eigenvalue weighted by Crippen LogP contribution is 2.20. The van der Waals surface area contributed by atoms with E-state index in [1.54, 1.807) is 45.0 Å². The van der Waals surface area contributed by atoms with Crippen molar-refractivity contribution >= 4 is 12.1 Å². The second kappa shape index (κ2) is 10.2. The first kappa shape index (κ1) is 24.0. The van der Waals surface area contributed by atoms with E-state index < -0.39 is 61.0 Å². The number of rotatable bonds is 6. The number of hydrogen-bond acceptors (Lipinski definition) is 9. The number of hydrogen-bond donors (Lipinski definition) is 5. The molecule has 168 valence electrons. The topological polar surface area (TPSA) is 155 Å². The summed E-state index contributed by atoms with van der Waals surface area (Å²) < 4.78 is 15.3. The van der Waals surface area contributed by atoms with Gasteiger partial charge in [-0.3, -0.25) is 0 Å². The second-order valence-corrected chi connectivity index (χ2v) is 8.06. The Labute approximate surface area is 174 Å². The molecule has 6 atom stereocenters. The van der Waals surface area contributed by atoms with Crippen molar-refractivity contribution in [2.45, 2.75) is 69.5 Å². The summed E-state index contributed by atoms with van der Waals surface area (Å²) in [4.78, 5) is 24.8. The zero-order valence-electron chi connectivity index (χ0n) is 17.1. The predicted octanol–water partition coefficient (Wildman–Crippen LogP) is -0.534. The van der Waals surface area contributed by atoms with Crippen LogP contribution >= 0.6 is 0 Å². The molecule has 1 amide bonds. The minimum absolute atomic E-state index is 0.122. The molecular weight excluding hydrogens is 398 g/mol. The highest BCUT2D eigenvalue weighted by Gasteiger charge is 2.43. The first-order valence-electron chi connectivity index (χ1n) is 9.55. The molecule has 10 heteroatoms. The molecule has 0 spiro atoms. The van der Waals surface area contributed by atoms with E-state index in [0.717, 1.165) is 5.56 Å². The number of nitrogens with one attached hydrogen (secondary N) is 1. The normalized spacial score (nSPS) is 27.8. The van der Waals surface area contributed by atoms with E-state index in [1.807, 2.05) is 6.07 Å². The van der Waals surface area contributed by atoms with Gasteiger partial charge in [-0.05, 0) is 26.3 Å². The van der Waals surface area contributed by atoms with Gasteiger partial charge in [0, 0.05) is 6.42 Å². The molecular formula is C20H29NO9. The molecule has 1 aliphatic rings. The number of amides is 1. The average Bonchev–Trinajstić information content (AvgIpc) is 2.66. The van der Waals surface area contributed by atoms with Crippen molar-refractivity contribution in [3.63, 3.8) is 0 Å². The first-order chi connectivity index (χ1) is 14.0. The van der Waals surface area contributed by atoms with Crippen LogP contribution in [0.2, 0.25) is 0 Å². The number of esters is 1. The van der Waals surface area contributed by atoms with Crippen LogP contribution in [0, 0.1) is 0 Å². The highest BCUT2D eigenvalue weighted by atomic mass is 16.7. The second-order valence-electron chi connectivity index (χ2n) is 8.06. The molecule has 1 aromatic carbocycles. The van der Waals surface area contributed by atoms with E-state index in [4.69, 9.17) is 14.2 Å². The monoisotopic (exact) mass is 427 g/mol. The van der Waals surface area contributed by atoms with Crippen molar-refractivity contribution in [1.82, 2.24) is 5.32 Å². The van der Waals surface area contributed by atoms with Gasteiger partial charge in [0.2, 0.25) is 0 Å². The molecule has 0 bridgehead atoms. The van der Waals surface area contributed by atoms with Crippen molar-refractivity contribution in [1.29, 1.82) is 0 Å². The fraction of sp³-hybridized carbons (Fsp3) is 0.600. The van der Waals surface area contributed by atoms with Crippen LogP contribution in [0.25, 0.3) is 0 Å². The Hall–Kier alpha value is -2.24. The molecule has 0 unspecified atom stereocenters. The van der Waals surface area contributed by atoms with Crippen LogP contribution in [0.3, 0.4) is 0 Å².